The zero-order valence-electron chi connectivity index (χ0n) is 8.27. The van der Waals surface area contributed by atoms with Gasteiger partial charge in [-0.3, -0.25) is 0 Å². The highest BCUT2D eigenvalue weighted by Crippen LogP contribution is 2.10. The molecule has 3 nitrogen and oxygen atoms in total. The fourth-order valence-electron chi connectivity index (χ4n) is 0.872. The maximum atomic E-state index is 12.5. The van der Waals surface area contributed by atoms with Crippen molar-refractivity contribution in [2.45, 2.75) is 6.92 Å². The van der Waals surface area contributed by atoms with Gasteiger partial charge >= 0.3 is 5.97 Å². The van der Waals surface area contributed by atoms with E-state index in [2.05, 4.69) is 4.74 Å². The summed E-state index contributed by atoms with van der Waals surface area (Å²) < 4.78 is 22.2. The van der Waals surface area contributed by atoms with Gasteiger partial charge in [0.05, 0.1) is 18.9 Å². The second-order valence-electron chi connectivity index (χ2n) is 2.63. The molecule has 0 saturated heterocycles. The van der Waals surface area contributed by atoms with Crippen molar-refractivity contribution in [1.82, 2.24) is 0 Å². The number of carbonyl (C=O) groups is 1. The van der Waals surface area contributed by atoms with Gasteiger partial charge in [-0.05, 0) is 31.2 Å². The number of halogens is 1. The Morgan fingerprint density at radius 2 is 2.07 bits per heavy atom. The number of carbonyl (C=O) groups excluding carboxylic acids is 1. The number of hydrogen-bond acceptors (Lipinski definition) is 3. The third kappa shape index (κ3) is 4.26. The summed E-state index contributed by atoms with van der Waals surface area (Å²) in [6.07, 6.45) is 2.36. The molecule has 1 aromatic rings. The smallest absolute Gasteiger partial charge is 0.333 e. The Balaban J connectivity index is 2.43. The van der Waals surface area contributed by atoms with Gasteiger partial charge in [0.15, 0.2) is 0 Å². The van der Waals surface area contributed by atoms with Crippen LogP contribution in [0.4, 0.5) is 4.39 Å². The molecule has 15 heavy (non-hydrogen) atoms. The van der Waals surface area contributed by atoms with Crippen molar-refractivity contribution in [2.75, 3.05) is 6.61 Å². The third-order valence-corrected chi connectivity index (χ3v) is 1.51. The zero-order chi connectivity index (χ0) is 11.1. The van der Waals surface area contributed by atoms with Crippen LogP contribution in [0.1, 0.15) is 6.92 Å². The van der Waals surface area contributed by atoms with Crippen LogP contribution in [0.25, 0.3) is 0 Å². The van der Waals surface area contributed by atoms with Crippen LogP contribution in [0.5, 0.6) is 5.75 Å². The minimum Gasteiger partial charge on any atom is -0.465 e. The Hall–Kier alpha value is -1.84. The summed E-state index contributed by atoms with van der Waals surface area (Å²) in [4.78, 5) is 10.8. The second-order valence-corrected chi connectivity index (χ2v) is 2.63. The standard InChI is InChI=1S/C11H11FO3/c1-2-14-11(13)7-8-15-10-5-3-9(12)4-6-10/h3-8H,2H2,1H3/b8-7+. The van der Waals surface area contributed by atoms with Crippen molar-refractivity contribution in [2.24, 2.45) is 0 Å². The van der Waals surface area contributed by atoms with E-state index in [1.165, 1.54) is 30.5 Å². The molecule has 0 atom stereocenters. The van der Waals surface area contributed by atoms with Crippen LogP contribution in [0, 0.1) is 5.82 Å². The Bertz CT molecular complexity index is 343. The lowest BCUT2D eigenvalue weighted by molar-refractivity contribution is -0.137. The molecule has 0 amide bonds. The van der Waals surface area contributed by atoms with E-state index in [1.807, 2.05) is 0 Å². The van der Waals surface area contributed by atoms with E-state index >= 15 is 0 Å². The van der Waals surface area contributed by atoms with Crippen LogP contribution >= 0.6 is 0 Å². The van der Waals surface area contributed by atoms with Gasteiger partial charge in [0.25, 0.3) is 0 Å². The molecule has 0 unspecified atom stereocenters. The fraction of sp³-hybridized carbons (Fsp3) is 0.182. The van der Waals surface area contributed by atoms with Gasteiger partial charge in [-0.2, -0.15) is 0 Å². The Kier molecular flexibility index (Phi) is 4.34. The zero-order valence-corrected chi connectivity index (χ0v) is 8.27. The minimum absolute atomic E-state index is 0.319. The van der Waals surface area contributed by atoms with Crippen LogP contribution in [0.2, 0.25) is 0 Å². The van der Waals surface area contributed by atoms with Crippen LogP contribution in [-0.4, -0.2) is 12.6 Å². The maximum absolute atomic E-state index is 12.5. The third-order valence-electron chi connectivity index (χ3n) is 1.51. The molecule has 0 N–H and O–H groups in total. The summed E-state index contributed by atoms with van der Waals surface area (Å²) in [6, 6.07) is 5.47. The molecular formula is C11H11FO3. The highest BCUT2D eigenvalue weighted by atomic mass is 19.1. The summed E-state index contributed by atoms with van der Waals surface area (Å²) in [6.45, 7) is 2.03. The molecule has 0 aliphatic carbocycles. The van der Waals surface area contributed by atoms with Crippen LogP contribution < -0.4 is 4.74 Å². The lowest BCUT2D eigenvalue weighted by atomic mass is 10.3. The largest absolute Gasteiger partial charge is 0.465 e. The monoisotopic (exact) mass is 210 g/mol. The predicted molar refractivity (Wildman–Crippen MR) is 52.8 cm³/mol. The summed E-state index contributed by atoms with van der Waals surface area (Å²) in [5.74, 6) is -0.353. The quantitative estimate of drug-likeness (QED) is 0.434. The van der Waals surface area contributed by atoms with Crippen molar-refractivity contribution < 1.29 is 18.7 Å². The molecule has 0 aliphatic heterocycles. The summed E-state index contributed by atoms with van der Waals surface area (Å²) in [5, 5.41) is 0. The number of esters is 1. The Morgan fingerprint density at radius 1 is 1.40 bits per heavy atom. The summed E-state index contributed by atoms with van der Waals surface area (Å²) in [7, 11) is 0. The van der Waals surface area contributed by atoms with Crippen LogP contribution in [-0.2, 0) is 9.53 Å². The topological polar surface area (TPSA) is 35.5 Å². The van der Waals surface area contributed by atoms with Crippen LogP contribution in [0.3, 0.4) is 0 Å². The number of ether oxygens (including phenoxy) is 2. The van der Waals surface area contributed by atoms with Gasteiger partial charge in [-0.25, -0.2) is 9.18 Å². The van der Waals surface area contributed by atoms with Crippen molar-refractivity contribution in [3.05, 3.63) is 42.4 Å². The van der Waals surface area contributed by atoms with E-state index in [-0.39, 0.29) is 5.82 Å². The molecule has 0 bridgehead atoms. The second kappa shape index (κ2) is 5.80. The van der Waals surface area contributed by atoms with Crippen molar-refractivity contribution in [1.29, 1.82) is 0 Å². The average molecular weight is 210 g/mol. The average Bonchev–Trinajstić information content (AvgIpc) is 2.21. The SMILES string of the molecule is CCOC(=O)/C=C/Oc1ccc(F)cc1. The van der Waals surface area contributed by atoms with Crippen molar-refractivity contribution in [3.63, 3.8) is 0 Å². The molecule has 0 aliphatic rings. The first-order chi connectivity index (χ1) is 7.22. The van der Waals surface area contributed by atoms with Gasteiger partial charge < -0.3 is 9.47 Å². The van der Waals surface area contributed by atoms with E-state index in [9.17, 15) is 9.18 Å². The van der Waals surface area contributed by atoms with E-state index in [4.69, 9.17) is 4.74 Å². The van der Waals surface area contributed by atoms with Gasteiger partial charge in [0.1, 0.15) is 11.6 Å². The van der Waals surface area contributed by atoms with Gasteiger partial charge in [-0.1, -0.05) is 0 Å². The molecule has 4 heteroatoms. The molecule has 1 aromatic carbocycles. The normalized spacial score (nSPS) is 10.3. The van der Waals surface area contributed by atoms with Crippen LogP contribution in [0.15, 0.2) is 36.6 Å². The molecule has 0 aromatic heterocycles. The van der Waals surface area contributed by atoms with Crippen molar-refractivity contribution in [3.8, 4) is 5.75 Å². The Morgan fingerprint density at radius 3 is 2.67 bits per heavy atom. The molecule has 0 spiro atoms. The number of benzene rings is 1. The molecule has 0 saturated carbocycles. The van der Waals surface area contributed by atoms with E-state index in [0.29, 0.717) is 12.4 Å². The van der Waals surface area contributed by atoms with Crippen molar-refractivity contribution >= 4 is 5.97 Å². The van der Waals surface area contributed by atoms with E-state index in [0.717, 1.165) is 6.08 Å². The molecule has 0 fully saturated rings. The summed E-state index contributed by atoms with van der Waals surface area (Å²) in [5.41, 5.74) is 0. The highest BCUT2D eigenvalue weighted by molar-refractivity contribution is 5.81. The Labute approximate surface area is 87.1 Å². The molecule has 0 heterocycles. The van der Waals surface area contributed by atoms with E-state index < -0.39 is 5.97 Å². The molecule has 0 radical (unpaired) electrons. The number of rotatable bonds is 4. The lowest BCUT2D eigenvalue weighted by Gasteiger charge is -1.99. The lowest BCUT2D eigenvalue weighted by Crippen LogP contribution is -1.99. The first-order valence-electron chi connectivity index (χ1n) is 4.48. The van der Waals surface area contributed by atoms with Gasteiger partial charge in [0, 0.05) is 0 Å². The fourth-order valence-corrected chi connectivity index (χ4v) is 0.872. The minimum atomic E-state index is -0.473. The molecule has 80 valence electrons. The highest BCUT2D eigenvalue weighted by Gasteiger charge is 1.94. The first kappa shape index (κ1) is 11.2. The molecule has 1 rings (SSSR count). The first-order valence-corrected chi connectivity index (χ1v) is 4.48. The van der Waals surface area contributed by atoms with Gasteiger partial charge in [0.2, 0.25) is 0 Å². The maximum Gasteiger partial charge on any atom is 0.333 e. The summed E-state index contributed by atoms with van der Waals surface area (Å²) >= 11 is 0. The van der Waals surface area contributed by atoms with Gasteiger partial charge in [-0.15, -0.1) is 0 Å². The predicted octanol–water partition coefficient (Wildman–Crippen LogP) is 2.28. The van der Waals surface area contributed by atoms with E-state index in [1.54, 1.807) is 6.92 Å². The molecular weight excluding hydrogens is 199 g/mol. The number of hydrogen-bond donors (Lipinski definition) is 0.